The lowest BCUT2D eigenvalue weighted by molar-refractivity contribution is -0.141. The molecule has 4 amide bonds. The van der Waals surface area contributed by atoms with Gasteiger partial charge in [-0.3, -0.25) is 19.2 Å². The third-order valence-electron chi connectivity index (χ3n) is 4.73. The van der Waals surface area contributed by atoms with E-state index >= 15 is 0 Å². The number of carboxylic acids is 1. The van der Waals surface area contributed by atoms with Crippen molar-refractivity contribution in [1.82, 2.24) is 21.3 Å². The number of primary sulfonamides is 1. The molecule has 0 spiro atoms. The second kappa shape index (κ2) is 13.3. The zero-order valence-electron chi connectivity index (χ0n) is 19.2. The third-order valence-corrected chi connectivity index (χ3v) is 5.91. The molecule has 0 bridgehead atoms. The van der Waals surface area contributed by atoms with Crippen LogP contribution >= 0.6 is 11.6 Å². The average molecular weight is 554 g/mol. The molecule has 0 saturated carbocycles. The van der Waals surface area contributed by atoms with E-state index in [0.717, 1.165) is 12.1 Å². The van der Waals surface area contributed by atoms with Crippen molar-refractivity contribution in [3.05, 3.63) is 64.7 Å². The summed E-state index contributed by atoms with van der Waals surface area (Å²) in [5.41, 5.74) is 0.719. The van der Waals surface area contributed by atoms with Crippen LogP contribution in [-0.4, -0.2) is 68.8 Å². The minimum absolute atomic E-state index is 0.00420. The molecule has 2 aromatic carbocycles. The number of nitrogens with two attached hydrogens (primary N) is 1. The molecule has 0 unspecified atom stereocenters. The van der Waals surface area contributed by atoms with E-state index in [9.17, 15) is 37.5 Å². The summed E-state index contributed by atoms with van der Waals surface area (Å²) in [7, 11) is -3.91. The topological polar surface area (TPSA) is 214 Å². The zero-order chi connectivity index (χ0) is 27.6. The highest BCUT2D eigenvalue weighted by Gasteiger charge is 2.21. The van der Waals surface area contributed by atoms with Crippen molar-refractivity contribution in [2.24, 2.45) is 5.14 Å². The molecule has 0 fully saturated rings. The Morgan fingerprint density at radius 1 is 0.811 bits per heavy atom. The number of rotatable bonds is 12. The highest BCUT2D eigenvalue weighted by molar-refractivity contribution is 7.89. The fraction of sp³-hybridized carbons (Fsp3) is 0.227. The van der Waals surface area contributed by atoms with Gasteiger partial charge < -0.3 is 26.4 Å². The molecule has 0 heterocycles. The maximum atomic E-state index is 12.0. The Morgan fingerprint density at radius 2 is 1.32 bits per heavy atom. The lowest BCUT2D eigenvalue weighted by atomic mass is 10.1. The van der Waals surface area contributed by atoms with Crippen LogP contribution in [0.5, 0.6) is 0 Å². The summed E-state index contributed by atoms with van der Waals surface area (Å²) >= 11 is 5.79. The second-order valence-corrected chi connectivity index (χ2v) is 9.59. The molecular formula is C22H24ClN5O8S. The van der Waals surface area contributed by atoms with Crippen LogP contribution in [-0.2, 0) is 35.6 Å². The molecular weight excluding hydrogens is 530 g/mol. The van der Waals surface area contributed by atoms with Crippen LogP contribution in [0.4, 0.5) is 0 Å². The highest BCUT2D eigenvalue weighted by Crippen LogP contribution is 2.11. The van der Waals surface area contributed by atoms with E-state index < -0.39 is 65.3 Å². The number of halogens is 1. The fourth-order valence-corrected chi connectivity index (χ4v) is 3.48. The van der Waals surface area contributed by atoms with Gasteiger partial charge in [0.05, 0.1) is 24.5 Å². The summed E-state index contributed by atoms with van der Waals surface area (Å²) in [5, 5.41) is 23.9. The normalized spacial score (nSPS) is 11.6. The number of sulfonamides is 1. The zero-order valence-corrected chi connectivity index (χ0v) is 20.8. The number of amides is 4. The van der Waals surface area contributed by atoms with Gasteiger partial charge in [-0.05, 0) is 42.0 Å². The van der Waals surface area contributed by atoms with Crippen LogP contribution in [0.2, 0.25) is 5.02 Å². The van der Waals surface area contributed by atoms with Crippen molar-refractivity contribution in [2.45, 2.75) is 17.4 Å². The number of hydrogen-bond donors (Lipinski definition) is 6. The van der Waals surface area contributed by atoms with E-state index in [1.807, 2.05) is 0 Å². The Bertz CT molecular complexity index is 1270. The summed E-state index contributed by atoms with van der Waals surface area (Å²) < 4.78 is 22.5. The fourth-order valence-electron chi connectivity index (χ4n) is 2.84. The monoisotopic (exact) mass is 553 g/mol. The molecule has 7 N–H and O–H groups in total. The number of carboxylic acid groups (broad SMARTS) is 1. The van der Waals surface area contributed by atoms with E-state index in [1.165, 1.54) is 12.1 Å². The smallest absolute Gasteiger partial charge is 0.326 e. The van der Waals surface area contributed by atoms with Gasteiger partial charge in [-0.1, -0.05) is 23.7 Å². The molecule has 0 aliphatic heterocycles. The average Bonchev–Trinajstić information content (AvgIpc) is 2.85. The van der Waals surface area contributed by atoms with Crippen LogP contribution in [0.1, 0.15) is 15.9 Å². The van der Waals surface area contributed by atoms with Gasteiger partial charge in [-0.25, -0.2) is 18.4 Å². The van der Waals surface area contributed by atoms with Crippen LogP contribution in [0.25, 0.3) is 0 Å². The predicted molar refractivity (Wildman–Crippen MR) is 131 cm³/mol. The number of hydrogen-bond acceptors (Lipinski definition) is 7. The van der Waals surface area contributed by atoms with Gasteiger partial charge in [-0.2, -0.15) is 0 Å². The standard InChI is InChI=1S/C22H24ClN5O8S/c23-15-5-1-13(2-6-15)9-17(22(33)34)28-20(31)12-26-18(29)10-25-19(30)11-27-21(32)14-3-7-16(8-4-14)37(24,35)36/h1-8,17H,9-12H2,(H,25,30)(H,26,29)(H,27,32)(H,28,31)(H,33,34)(H2,24,35,36)/t17-/m0/s1. The first-order valence-corrected chi connectivity index (χ1v) is 12.5. The summed E-state index contributed by atoms with van der Waals surface area (Å²) in [6.07, 6.45) is 0.00420. The molecule has 2 aromatic rings. The molecule has 37 heavy (non-hydrogen) atoms. The van der Waals surface area contributed by atoms with Crippen LogP contribution in [0, 0.1) is 0 Å². The van der Waals surface area contributed by atoms with Crippen LogP contribution in [0.3, 0.4) is 0 Å². The molecule has 0 aliphatic rings. The Balaban J connectivity index is 1.71. The van der Waals surface area contributed by atoms with Crippen molar-refractivity contribution in [2.75, 3.05) is 19.6 Å². The van der Waals surface area contributed by atoms with Gasteiger partial charge in [0.25, 0.3) is 5.91 Å². The summed E-state index contributed by atoms with van der Waals surface area (Å²) in [6.45, 7) is -1.50. The predicted octanol–water partition coefficient (Wildman–Crippen LogP) is -1.24. The van der Waals surface area contributed by atoms with Crippen LogP contribution < -0.4 is 26.4 Å². The number of benzene rings is 2. The van der Waals surface area contributed by atoms with Gasteiger partial charge in [0.15, 0.2) is 0 Å². The molecule has 13 nitrogen and oxygen atoms in total. The Labute approximate surface area is 216 Å². The van der Waals surface area contributed by atoms with Gasteiger partial charge in [-0.15, -0.1) is 0 Å². The summed E-state index contributed by atoms with van der Waals surface area (Å²) in [5.74, 6) is -4.10. The van der Waals surface area contributed by atoms with Crippen molar-refractivity contribution in [3.8, 4) is 0 Å². The van der Waals surface area contributed by atoms with Gasteiger partial charge in [0, 0.05) is 17.0 Å². The first-order chi connectivity index (χ1) is 17.3. The minimum atomic E-state index is -3.91. The van der Waals surface area contributed by atoms with Crippen molar-refractivity contribution >= 4 is 51.2 Å². The molecule has 0 aromatic heterocycles. The van der Waals surface area contributed by atoms with E-state index in [2.05, 4.69) is 21.3 Å². The van der Waals surface area contributed by atoms with E-state index in [4.69, 9.17) is 16.7 Å². The van der Waals surface area contributed by atoms with Gasteiger partial charge in [0.1, 0.15) is 6.04 Å². The van der Waals surface area contributed by atoms with E-state index in [-0.39, 0.29) is 16.9 Å². The van der Waals surface area contributed by atoms with Gasteiger partial charge >= 0.3 is 5.97 Å². The summed E-state index contributed by atoms with van der Waals surface area (Å²) in [6, 6.07) is 9.92. The Morgan fingerprint density at radius 3 is 1.84 bits per heavy atom. The van der Waals surface area contributed by atoms with Crippen molar-refractivity contribution < 1.29 is 37.5 Å². The summed E-state index contributed by atoms with van der Waals surface area (Å²) in [4.78, 5) is 59.1. The number of carbonyl (C=O) groups is 5. The maximum Gasteiger partial charge on any atom is 0.326 e. The molecule has 198 valence electrons. The first-order valence-electron chi connectivity index (χ1n) is 10.6. The van der Waals surface area contributed by atoms with Crippen molar-refractivity contribution in [1.29, 1.82) is 0 Å². The lowest BCUT2D eigenvalue weighted by Crippen LogP contribution is -2.48. The molecule has 0 aliphatic carbocycles. The maximum absolute atomic E-state index is 12.0. The largest absolute Gasteiger partial charge is 0.480 e. The molecule has 15 heteroatoms. The number of carbonyl (C=O) groups excluding carboxylic acids is 4. The highest BCUT2D eigenvalue weighted by atomic mass is 35.5. The molecule has 1 atom stereocenters. The molecule has 2 rings (SSSR count). The quantitative estimate of drug-likeness (QED) is 0.186. The number of nitrogens with one attached hydrogen (secondary N) is 4. The van der Waals surface area contributed by atoms with Crippen molar-refractivity contribution in [3.63, 3.8) is 0 Å². The van der Waals surface area contributed by atoms with E-state index in [1.54, 1.807) is 24.3 Å². The lowest BCUT2D eigenvalue weighted by Gasteiger charge is -2.15. The number of aliphatic carboxylic acids is 1. The minimum Gasteiger partial charge on any atom is -0.480 e. The SMILES string of the molecule is NS(=O)(=O)c1ccc(C(=O)NCC(=O)NCC(=O)NCC(=O)N[C@@H](Cc2ccc(Cl)cc2)C(=O)O)cc1. The first kappa shape index (κ1) is 29.2. The second-order valence-electron chi connectivity index (χ2n) is 7.59. The Kier molecular flexibility index (Phi) is 10.5. The Hall–Kier alpha value is -4.01. The van der Waals surface area contributed by atoms with Crippen LogP contribution in [0.15, 0.2) is 53.4 Å². The molecule has 0 saturated heterocycles. The molecule has 0 radical (unpaired) electrons. The van der Waals surface area contributed by atoms with E-state index in [0.29, 0.717) is 10.6 Å². The van der Waals surface area contributed by atoms with Gasteiger partial charge in [0.2, 0.25) is 27.7 Å². The third kappa shape index (κ3) is 10.2.